The van der Waals surface area contributed by atoms with E-state index in [1.807, 2.05) is 12.1 Å². The fraction of sp³-hybridized carbons (Fsp3) is 0.667. The zero-order valence-corrected chi connectivity index (χ0v) is 17.2. The number of hydrogen-bond donors (Lipinski definition) is 2. The van der Waals surface area contributed by atoms with E-state index >= 15 is 0 Å². The van der Waals surface area contributed by atoms with Crippen LogP contribution < -0.4 is 11.1 Å². The van der Waals surface area contributed by atoms with Gasteiger partial charge in [-0.05, 0) is 92.9 Å². The van der Waals surface area contributed by atoms with Gasteiger partial charge in [0.25, 0.3) is 0 Å². The fourth-order valence-corrected chi connectivity index (χ4v) is 6.96. The summed E-state index contributed by atoms with van der Waals surface area (Å²) in [5, 5.41) is 3.21. The monoisotopic (exact) mass is 395 g/mol. The van der Waals surface area contributed by atoms with Crippen molar-refractivity contribution >= 4 is 17.5 Å². The lowest BCUT2D eigenvalue weighted by molar-refractivity contribution is -0.132. The Morgan fingerprint density at radius 3 is 2.28 bits per heavy atom. The van der Waals surface area contributed by atoms with Crippen LogP contribution in [0.3, 0.4) is 0 Å². The first-order valence-electron chi connectivity index (χ1n) is 11.5. The van der Waals surface area contributed by atoms with Crippen molar-refractivity contribution in [2.24, 2.45) is 41.2 Å². The lowest BCUT2D eigenvalue weighted by Gasteiger charge is -2.53. The second kappa shape index (κ2) is 7.75. The van der Waals surface area contributed by atoms with E-state index in [1.165, 1.54) is 37.7 Å². The lowest BCUT2D eigenvalue weighted by atomic mass is 9.51. The third-order valence-corrected chi connectivity index (χ3v) is 8.07. The van der Waals surface area contributed by atoms with Gasteiger partial charge in [0.2, 0.25) is 11.8 Å². The van der Waals surface area contributed by atoms with Crippen molar-refractivity contribution in [3.8, 4) is 0 Å². The van der Waals surface area contributed by atoms with E-state index in [2.05, 4.69) is 22.3 Å². The molecule has 156 valence electrons. The Hall–Kier alpha value is -1.88. The number of nitrogens with two attached hydrogens (primary N) is 1. The molecule has 5 nitrogen and oxygen atoms in total. The lowest BCUT2D eigenvalue weighted by Crippen LogP contribution is -2.49. The second-order valence-corrected chi connectivity index (χ2v) is 10.1. The van der Waals surface area contributed by atoms with Gasteiger partial charge in [0.1, 0.15) is 0 Å². The van der Waals surface area contributed by atoms with Gasteiger partial charge in [-0.2, -0.15) is 0 Å². The number of carbonyl (C=O) groups excluding carboxylic acids is 2. The van der Waals surface area contributed by atoms with Crippen LogP contribution in [0.25, 0.3) is 0 Å². The summed E-state index contributed by atoms with van der Waals surface area (Å²) in [5.41, 5.74) is 7.60. The maximum Gasteiger partial charge on any atom is 0.228 e. The smallest absolute Gasteiger partial charge is 0.228 e. The van der Waals surface area contributed by atoms with Crippen molar-refractivity contribution in [2.75, 3.05) is 18.4 Å². The number of primary amides is 1. The molecule has 0 spiro atoms. The molecule has 0 radical (unpaired) electrons. The molecular weight excluding hydrogens is 362 g/mol. The summed E-state index contributed by atoms with van der Waals surface area (Å²) >= 11 is 0. The first-order chi connectivity index (χ1) is 14.0. The number of hydrogen-bond acceptors (Lipinski definition) is 3. The minimum atomic E-state index is -0.183. The predicted octanol–water partition coefficient (Wildman–Crippen LogP) is 3.39. The number of likely N-dealkylation sites (tertiary alicyclic amines) is 1. The molecule has 2 amide bonds. The summed E-state index contributed by atoms with van der Waals surface area (Å²) in [6.07, 6.45) is 8.42. The zero-order valence-electron chi connectivity index (χ0n) is 17.2. The van der Waals surface area contributed by atoms with Crippen LogP contribution in [0.5, 0.6) is 0 Å². The van der Waals surface area contributed by atoms with Crippen LogP contribution >= 0.6 is 0 Å². The Balaban J connectivity index is 1.18. The molecule has 1 atom stereocenters. The van der Waals surface area contributed by atoms with E-state index < -0.39 is 0 Å². The average Bonchev–Trinajstić information content (AvgIpc) is 2.69. The molecule has 4 bridgehead atoms. The highest BCUT2D eigenvalue weighted by Gasteiger charge is 2.50. The van der Waals surface area contributed by atoms with Crippen molar-refractivity contribution in [1.29, 1.82) is 0 Å². The molecule has 4 saturated carbocycles. The topological polar surface area (TPSA) is 75.4 Å². The molecule has 0 aromatic heterocycles. The summed E-state index contributed by atoms with van der Waals surface area (Å²) in [7, 11) is 0. The quantitative estimate of drug-likeness (QED) is 0.802. The summed E-state index contributed by atoms with van der Waals surface area (Å²) in [6.45, 7) is 2.59. The number of nitrogens with zero attached hydrogens (tertiary/aromatic N) is 1. The molecule has 29 heavy (non-hydrogen) atoms. The van der Waals surface area contributed by atoms with Crippen LogP contribution in [0, 0.1) is 35.5 Å². The molecule has 6 rings (SSSR count). The number of anilines is 1. The first kappa shape index (κ1) is 19.1. The highest BCUT2D eigenvalue weighted by atomic mass is 16.2. The van der Waals surface area contributed by atoms with Gasteiger partial charge < -0.3 is 11.1 Å². The highest BCUT2D eigenvalue weighted by molar-refractivity contribution is 5.93. The van der Waals surface area contributed by atoms with Crippen molar-refractivity contribution in [2.45, 2.75) is 51.5 Å². The van der Waals surface area contributed by atoms with Crippen molar-refractivity contribution in [3.05, 3.63) is 29.8 Å². The van der Waals surface area contributed by atoms with Gasteiger partial charge in [-0.15, -0.1) is 0 Å². The Morgan fingerprint density at radius 2 is 1.66 bits per heavy atom. The molecule has 1 saturated heterocycles. The number of nitrogens with one attached hydrogen (secondary N) is 1. The van der Waals surface area contributed by atoms with E-state index in [4.69, 9.17) is 5.73 Å². The van der Waals surface area contributed by atoms with Crippen molar-refractivity contribution in [1.82, 2.24) is 4.90 Å². The van der Waals surface area contributed by atoms with E-state index in [1.54, 1.807) is 0 Å². The predicted molar refractivity (Wildman–Crippen MR) is 113 cm³/mol. The summed E-state index contributed by atoms with van der Waals surface area (Å²) in [4.78, 5) is 26.8. The standard InChI is InChI=1S/C24H33N3O2/c25-23(28)18-2-1-7-27(14-18)13-15-3-5-21(6-4-15)26-24(29)22-19-9-16-8-17(11-19)12-20(22)10-16/h3-6,16-20,22H,1-2,7-14H2,(H2,25,28)(H,26,29). The molecule has 1 unspecified atom stereocenters. The van der Waals surface area contributed by atoms with Gasteiger partial charge >= 0.3 is 0 Å². The van der Waals surface area contributed by atoms with Crippen LogP contribution in [0.15, 0.2) is 24.3 Å². The number of benzene rings is 1. The first-order valence-corrected chi connectivity index (χ1v) is 11.5. The summed E-state index contributed by atoms with van der Waals surface area (Å²) in [5.74, 6) is 3.27. The van der Waals surface area contributed by atoms with Crippen LogP contribution in [0.4, 0.5) is 5.69 Å². The van der Waals surface area contributed by atoms with Gasteiger partial charge in [0.05, 0.1) is 5.92 Å². The van der Waals surface area contributed by atoms with Gasteiger partial charge in [-0.3, -0.25) is 14.5 Å². The van der Waals surface area contributed by atoms with Gasteiger partial charge in [0, 0.05) is 24.7 Å². The minimum absolute atomic E-state index is 0.0247. The SMILES string of the molecule is NC(=O)C1CCCN(Cc2ccc(NC(=O)C3C4CC5CC(C4)CC3C5)cc2)C1. The van der Waals surface area contributed by atoms with E-state index in [-0.39, 0.29) is 23.7 Å². The second-order valence-electron chi connectivity index (χ2n) is 10.1. The number of piperidine rings is 1. The van der Waals surface area contributed by atoms with Gasteiger partial charge in [-0.25, -0.2) is 0 Å². The van der Waals surface area contributed by atoms with Crippen LogP contribution in [-0.4, -0.2) is 29.8 Å². The Labute approximate surface area is 173 Å². The van der Waals surface area contributed by atoms with Gasteiger partial charge in [-0.1, -0.05) is 12.1 Å². The molecule has 3 N–H and O–H groups in total. The van der Waals surface area contributed by atoms with Crippen LogP contribution in [0.2, 0.25) is 0 Å². The van der Waals surface area contributed by atoms with E-state index in [9.17, 15) is 9.59 Å². The number of carbonyl (C=O) groups is 2. The Kier molecular flexibility index (Phi) is 5.10. The summed E-state index contributed by atoms with van der Waals surface area (Å²) in [6, 6.07) is 8.25. The molecule has 5 heteroatoms. The third-order valence-electron chi connectivity index (χ3n) is 8.07. The van der Waals surface area contributed by atoms with Crippen molar-refractivity contribution in [3.63, 3.8) is 0 Å². The average molecular weight is 396 g/mol. The van der Waals surface area contributed by atoms with Crippen molar-refractivity contribution < 1.29 is 9.59 Å². The Morgan fingerprint density at radius 1 is 1.00 bits per heavy atom. The van der Waals surface area contributed by atoms with E-state index in [0.29, 0.717) is 11.8 Å². The van der Waals surface area contributed by atoms with Crippen LogP contribution in [-0.2, 0) is 16.1 Å². The maximum atomic E-state index is 13.0. The number of rotatable bonds is 5. The Bertz CT molecular complexity index is 747. The van der Waals surface area contributed by atoms with E-state index in [0.717, 1.165) is 50.0 Å². The van der Waals surface area contributed by atoms with Crippen LogP contribution in [0.1, 0.15) is 50.5 Å². The summed E-state index contributed by atoms with van der Waals surface area (Å²) < 4.78 is 0. The maximum absolute atomic E-state index is 13.0. The number of amides is 2. The molecule has 1 aromatic rings. The molecular formula is C24H33N3O2. The fourth-order valence-electron chi connectivity index (χ4n) is 6.96. The molecule has 1 heterocycles. The molecule has 5 fully saturated rings. The highest BCUT2D eigenvalue weighted by Crippen LogP contribution is 2.56. The largest absolute Gasteiger partial charge is 0.369 e. The molecule has 1 aliphatic heterocycles. The zero-order chi connectivity index (χ0) is 20.0. The van der Waals surface area contributed by atoms with Gasteiger partial charge in [0.15, 0.2) is 0 Å². The molecule has 1 aromatic carbocycles. The molecule has 4 aliphatic carbocycles. The minimum Gasteiger partial charge on any atom is -0.369 e. The molecule has 5 aliphatic rings. The third kappa shape index (κ3) is 3.94. The normalized spacial score (nSPS) is 36.1.